The van der Waals surface area contributed by atoms with Gasteiger partial charge in [0, 0.05) is 12.2 Å². The normalized spacial score (nSPS) is 11.5. The summed E-state index contributed by atoms with van der Waals surface area (Å²) >= 11 is 0. The van der Waals surface area contributed by atoms with Gasteiger partial charge in [0.25, 0.3) is 10.0 Å². The highest BCUT2D eigenvalue weighted by Crippen LogP contribution is 2.16. The summed E-state index contributed by atoms with van der Waals surface area (Å²) in [7, 11) is -1.78. The second kappa shape index (κ2) is 5.41. The lowest BCUT2D eigenvalue weighted by Crippen LogP contribution is -2.14. The zero-order valence-electron chi connectivity index (χ0n) is 10.8. The summed E-state index contributed by atoms with van der Waals surface area (Å²) in [5.74, 6) is 0.560. The Morgan fingerprint density at radius 2 is 2.16 bits per heavy atom. The van der Waals surface area contributed by atoms with Gasteiger partial charge in [0.1, 0.15) is 5.82 Å². The van der Waals surface area contributed by atoms with Crippen molar-refractivity contribution in [3.8, 4) is 0 Å². The van der Waals surface area contributed by atoms with Crippen molar-refractivity contribution in [3.63, 3.8) is 0 Å². The minimum Gasteiger partial charge on any atom is -0.332 e. The molecule has 1 aromatic heterocycles. The van der Waals surface area contributed by atoms with Gasteiger partial charge >= 0.3 is 0 Å². The van der Waals surface area contributed by atoms with E-state index in [0.29, 0.717) is 18.1 Å². The van der Waals surface area contributed by atoms with Crippen LogP contribution in [0.15, 0.2) is 35.5 Å². The van der Waals surface area contributed by atoms with Gasteiger partial charge < -0.3 is 10.3 Å². The molecule has 0 unspecified atom stereocenters. The number of benzene rings is 1. The molecule has 1 aromatic carbocycles. The summed E-state index contributed by atoms with van der Waals surface area (Å²) in [6, 6.07) is 7.23. The number of aromatic nitrogens is 2. The van der Waals surface area contributed by atoms with Crippen LogP contribution in [0.1, 0.15) is 11.4 Å². The zero-order chi connectivity index (χ0) is 13.9. The first-order valence-electron chi connectivity index (χ1n) is 5.79. The molecule has 19 heavy (non-hydrogen) atoms. The molecule has 1 heterocycles. The first-order chi connectivity index (χ1) is 9.01. The lowest BCUT2D eigenvalue weighted by atomic mass is 10.2. The van der Waals surface area contributed by atoms with E-state index in [4.69, 9.17) is 0 Å². The summed E-state index contributed by atoms with van der Waals surface area (Å²) in [6.07, 6.45) is 1.30. The van der Waals surface area contributed by atoms with Gasteiger partial charge in [-0.15, -0.1) is 0 Å². The number of hydrogen-bond acceptors (Lipinski definition) is 4. The van der Waals surface area contributed by atoms with Crippen LogP contribution in [0.25, 0.3) is 0 Å². The first-order valence-corrected chi connectivity index (χ1v) is 7.27. The minimum absolute atomic E-state index is 0.0593. The molecule has 2 rings (SSSR count). The molecular formula is C12H16N4O2S. The third-order valence-corrected chi connectivity index (χ3v) is 3.82. The maximum absolute atomic E-state index is 12.1. The third kappa shape index (κ3) is 3.33. The van der Waals surface area contributed by atoms with Crippen LogP contribution in [0.3, 0.4) is 0 Å². The molecule has 0 aliphatic carbocycles. The van der Waals surface area contributed by atoms with Crippen LogP contribution in [0, 0.1) is 6.92 Å². The highest BCUT2D eigenvalue weighted by atomic mass is 32.2. The van der Waals surface area contributed by atoms with Gasteiger partial charge in [-0.05, 0) is 31.7 Å². The largest absolute Gasteiger partial charge is 0.332 e. The molecule has 6 nitrogen and oxygen atoms in total. The van der Waals surface area contributed by atoms with E-state index in [1.54, 1.807) is 19.1 Å². The van der Waals surface area contributed by atoms with E-state index in [9.17, 15) is 8.42 Å². The van der Waals surface area contributed by atoms with Crippen molar-refractivity contribution in [2.45, 2.75) is 18.5 Å². The highest BCUT2D eigenvalue weighted by Gasteiger charge is 2.16. The molecule has 102 valence electrons. The van der Waals surface area contributed by atoms with E-state index in [0.717, 1.165) is 5.56 Å². The van der Waals surface area contributed by atoms with Gasteiger partial charge in [-0.2, -0.15) is 8.42 Å². The quantitative estimate of drug-likeness (QED) is 0.769. The summed E-state index contributed by atoms with van der Waals surface area (Å²) in [5.41, 5.74) is 1.53. The first kappa shape index (κ1) is 13.6. The Bertz CT molecular complexity index is 664. The van der Waals surface area contributed by atoms with Crippen LogP contribution in [-0.2, 0) is 16.6 Å². The number of H-pyrrole nitrogens is 1. The molecule has 0 fully saturated rings. The van der Waals surface area contributed by atoms with Crippen molar-refractivity contribution in [1.82, 2.24) is 15.3 Å². The smallest absolute Gasteiger partial charge is 0.278 e. The van der Waals surface area contributed by atoms with Gasteiger partial charge in [-0.25, -0.2) is 4.98 Å². The van der Waals surface area contributed by atoms with Crippen LogP contribution >= 0.6 is 0 Å². The molecule has 3 N–H and O–H groups in total. The molecule has 0 amide bonds. The molecule has 0 atom stereocenters. The Labute approximate surface area is 112 Å². The van der Waals surface area contributed by atoms with E-state index in [-0.39, 0.29) is 5.03 Å². The number of anilines is 1. The molecule has 0 aliphatic heterocycles. The fourth-order valence-electron chi connectivity index (χ4n) is 1.69. The van der Waals surface area contributed by atoms with Crippen LogP contribution in [0.4, 0.5) is 5.69 Å². The maximum atomic E-state index is 12.1. The lowest BCUT2D eigenvalue weighted by Gasteiger charge is -2.08. The summed E-state index contributed by atoms with van der Waals surface area (Å²) in [6.45, 7) is 2.38. The van der Waals surface area contributed by atoms with Crippen molar-refractivity contribution < 1.29 is 8.42 Å². The van der Waals surface area contributed by atoms with Crippen molar-refractivity contribution in [1.29, 1.82) is 0 Å². The average Bonchev–Trinajstić information content (AvgIpc) is 2.77. The number of sulfonamides is 1. The van der Waals surface area contributed by atoms with E-state index >= 15 is 0 Å². The van der Waals surface area contributed by atoms with Crippen molar-refractivity contribution in [3.05, 3.63) is 41.9 Å². The Kier molecular flexibility index (Phi) is 3.87. The van der Waals surface area contributed by atoms with Crippen molar-refractivity contribution >= 4 is 15.7 Å². The number of nitrogens with zero attached hydrogens (tertiary/aromatic N) is 1. The molecule has 0 spiro atoms. The SMILES string of the molecule is CNCc1cccc(NS(=O)(=O)c2cnc(C)[nH]2)c1. The monoisotopic (exact) mass is 280 g/mol. The van der Waals surface area contributed by atoms with Crippen molar-refractivity contribution in [2.24, 2.45) is 0 Å². The van der Waals surface area contributed by atoms with E-state index in [1.165, 1.54) is 6.20 Å². The number of aromatic amines is 1. The molecule has 7 heteroatoms. The van der Waals surface area contributed by atoms with E-state index in [1.807, 2.05) is 19.2 Å². The predicted molar refractivity (Wildman–Crippen MR) is 73.3 cm³/mol. The molecule has 0 saturated carbocycles. The van der Waals surface area contributed by atoms with E-state index < -0.39 is 10.0 Å². The highest BCUT2D eigenvalue weighted by molar-refractivity contribution is 7.92. The van der Waals surface area contributed by atoms with Crippen LogP contribution in [-0.4, -0.2) is 25.4 Å². The maximum Gasteiger partial charge on any atom is 0.278 e. The number of aryl methyl sites for hydroxylation is 1. The Morgan fingerprint density at radius 3 is 2.79 bits per heavy atom. The molecule has 0 aliphatic rings. The van der Waals surface area contributed by atoms with Gasteiger partial charge in [0.2, 0.25) is 0 Å². The van der Waals surface area contributed by atoms with Crippen LogP contribution in [0.5, 0.6) is 0 Å². The number of nitrogens with one attached hydrogen (secondary N) is 3. The Morgan fingerprint density at radius 1 is 1.37 bits per heavy atom. The van der Waals surface area contributed by atoms with Gasteiger partial charge in [0.15, 0.2) is 5.03 Å². The van der Waals surface area contributed by atoms with Crippen molar-refractivity contribution in [2.75, 3.05) is 11.8 Å². The van der Waals surface area contributed by atoms with E-state index in [2.05, 4.69) is 20.0 Å². The van der Waals surface area contributed by atoms with Gasteiger partial charge in [-0.3, -0.25) is 4.72 Å². The fraction of sp³-hybridized carbons (Fsp3) is 0.250. The van der Waals surface area contributed by atoms with Gasteiger partial charge in [0.05, 0.1) is 6.20 Å². The zero-order valence-corrected chi connectivity index (χ0v) is 11.6. The van der Waals surface area contributed by atoms with Crippen LogP contribution in [0.2, 0.25) is 0 Å². The Hall–Kier alpha value is -1.86. The second-order valence-electron chi connectivity index (χ2n) is 4.17. The predicted octanol–water partition coefficient (Wildman–Crippen LogP) is 1.24. The summed E-state index contributed by atoms with van der Waals surface area (Å²) in [4.78, 5) is 6.59. The second-order valence-corrected chi connectivity index (χ2v) is 5.82. The standard InChI is InChI=1S/C12H16N4O2S/c1-9-14-8-12(15-9)19(17,18)16-11-5-3-4-10(6-11)7-13-2/h3-6,8,13,16H,7H2,1-2H3,(H,14,15). The van der Waals surface area contributed by atoms with Gasteiger partial charge in [-0.1, -0.05) is 12.1 Å². The number of hydrogen-bond donors (Lipinski definition) is 3. The van der Waals surface area contributed by atoms with Crippen LogP contribution < -0.4 is 10.0 Å². The molecular weight excluding hydrogens is 264 g/mol. The third-order valence-electron chi connectivity index (χ3n) is 2.53. The molecule has 2 aromatic rings. The summed E-state index contributed by atoms with van der Waals surface area (Å²) in [5, 5.41) is 3.07. The minimum atomic E-state index is -3.61. The molecule has 0 bridgehead atoms. The average molecular weight is 280 g/mol. The lowest BCUT2D eigenvalue weighted by molar-refractivity contribution is 0.598. The summed E-state index contributed by atoms with van der Waals surface area (Å²) < 4.78 is 26.7. The topological polar surface area (TPSA) is 86.9 Å². The number of rotatable bonds is 5. The fourth-order valence-corrected chi connectivity index (χ4v) is 2.71. The molecule has 0 saturated heterocycles. The Balaban J connectivity index is 2.23. The molecule has 0 radical (unpaired) electrons. The number of imidazole rings is 1.